The second kappa shape index (κ2) is 7.55. The van der Waals surface area contributed by atoms with Gasteiger partial charge in [0.05, 0.1) is 18.6 Å². The predicted molar refractivity (Wildman–Crippen MR) is 86.2 cm³/mol. The maximum absolute atomic E-state index is 8.36. The van der Waals surface area contributed by atoms with Crippen molar-refractivity contribution in [3.8, 4) is 11.5 Å². The molecule has 0 unspecified atom stereocenters. The molecular weight excluding hydrogens is 318 g/mol. The number of hydrogen-bond donors (Lipinski definition) is 1. The summed E-state index contributed by atoms with van der Waals surface area (Å²) in [6.45, 7) is 2.30. The molecule has 7 nitrogen and oxygen atoms in total. The third-order valence-electron chi connectivity index (χ3n) is 3.23. The van der Waals surface area contributed by atoms with Crippen molar-refractivity contribution >= 4 is 18.1 Å². The highest BCUT2D eigenvalue weighted by molar-refractivity contribution is 6.31. The zero-order valence-corrected chi connectivity index (χ0v) is 13.5. The molecule has 2 aromatic heterocycles. The van der Waals surface area contributed by atoms with E-state index in [1.54, 1.807) is 12.7 Å². The van der Waals surface area contributed by atoms with Gasteiger partial charge in [0.15, 0.2) is 5.82 Å². The van der Waals surface area contributed by atoms with E-state index >= 15 is 0 Å². The summed E-state index contributed by atoms with van der Waals surface area (Å²) in [6, 6.07) is 7.75. The molecule has 0 saturated heterocycles. The summed E-state index contributed by atoms with van der Waals surface area (Å²) in [7, 11) is 1.95. The molecule has 0 bridgehead atoms. The van der Waals surface area contributed by atoms with Crippen molar-refractivity contribution in [2.45, 2.75) is 13.5 Å². The van der Waals surface area contributed by atoms with Crippen LogP contribution in [0.1, 0.15) is 11.3 Å². The topological polar surface area (TPSA) is 85.8 Å². The molecule has 0 aliphatic heterocycles. The van der Waals surface area contributed by atoms with Crippen molar-refractivity contribution in [1.82, 2.24) is 24.3 Å². The Morgan fingerprint density at radius 3 is 2.61 bits per heavy atom. The smallest absolute Gasteiger partial charge is 0.290 e. The van der Waals surface area contributed by atoms with Gasteiger partial charge < -0.3 is 9.67 Å². The van der Waals surface area contributed by atoms with Crippen LogP contribution in [-0.4, -0.2) is 35.9 Å². The fraction of sp³-hybridized carbons (Fsp3) is 0.200. The van der Waals surface area contributed by atoms with Crippen molar-refractivity contribution in [1.29, 1.82) is 0 Å². The van der Waals surface area contributed by atoms with Gasteiger partial charge in [-0.05, 0) is 18.6 Å². The summed E-state index contributed by atoms with van der Waals surface area (Å²) in [5.74, 6) is 0.794. The molecule has 1 aromatic carbocycles. The van der Waals surface area contributed by atoms with Crippen LogP contribution >= 0.6 is 11.6 Å². The first-order valence-corrected chi connectivity index (χ1v) is 7.13. The lowest BCUT2D eigenvalue weighted by Gasteiger charge is -2.08. The van der Waals surface area contributed by atoms with Gasteiger partial charge in [-0.25, -0.2) is 14.6 Å². The van der Waals surface area contributed by atoms with Gasteiger partial charge in [0.1, 0.15) is 12.0 Å². The second-order valence-corrected chi connectivity index (χ2v) is 5.13. The van der Waals surface area contributed by atoms with Crippen LogP contribution in [0.3, 0.4) is 0 Å². The molecular formula is C15H16ClN5O2. The van der Waals surface area contributed by atoms with E-state index in [2.05, 4.69) is 15.1 Å². The lowest BCUT2D eigenvalue weighted by Crippen LogP contribution is -2.07. The van der Waals surface area contributed by atoms with E-state index in [4.69, 9.17) is 21.5 Å². The zero-order valence-electron chi connectivity index (χ0n) is 12.7. The first-order chi connectivity index (χ1) is 11.1. The Labute approximate surface area is 138 Å². The minimum Gasteiger partial charge on any atom is -0.483 e. The average molecular weight is 334 g/mol. The SMILES string of the molecule is Cc1ncn(C)c1-c1ncnn1Cc1ccccc1Cl.O=CO. The second-order valence-electron chi connectivity index (χ2n) is 4.73. The van der Waals surface area contributed by atoms with Crippen molar-refractivity contribution in [2.75, 3.05) is 0 Å². The summed E-state index contributed by atoms with van der Waals surface area (Å²) < 4.78 is 3.79. The number of carbonyl (C=O) groups is 1. The highest BCUT2D eigenvalue weighted by atomic mass is 35.5. The minimum atomic E-state index is -0.250. The van der Waals surface area contributed by atoms with Crippen LogP contribution in [0.2, 0.25) is 5.02 Å². The maximum atomic E-state index is 8.36. The highest BCUT2D eigenvalue weighted by Gasteiger charge is 2.15. The average Bonchev–Trinajstić information content (AvgIpc) is 3.09. The van der Waals surface area contributed by atoms with E-state index in [1.807, 2.05) is 47.5 Å². The van der Waals surface area contributed by atoms with E-state index < -0.39 is 0 Å². The van der Waals surface area contributed by atoms with E-state index in [1.165, 1.54) is 0 Å². The lowest BCUT2D eigenvalue weighted by atomic mass is 10.2. The molecule has 0 spiro atoms. The van der Waals surface area contributed by atoms with Gasteiger partial charge in [-0.1, -0.05) is 29.8 Å². The Bertz CT molecular complexity index is 777. The van der Waals surface area contributed by atoms with Crippen LogP contribution in [0.5, 0.6) is 0 Å². The van der Waals surface area contributed by atoms with Crippen LogP contribution < -0.4 is 0 Å². The Kier molecular flexibility index (Phi) is 5.48. The summed E-state index contributed by atoms with van der Waals surface area (Å²) in [6.07, 6.45) is 3.33. The van der Waals surface area contributed by atoms with E-state index in [9.17, 15) is 0 Å². The Balaban J connectivity index is 0.000000595. The van der Waals surface area contributed by atoms with Crippen molar-refractivity contribution in [3.63, 3.8) is 0 Å². The number of carboxylic acid groups (broad SMARTS) is 1. The maximum Gasteiger partial charge on any atom is 0.290 e. The molecule has 120 valence electrons. The first-order valence-electron chi connectivity index (χ1n) is 6.75. The number of rotatable bonds is 3. The number of hydrogen-bond acceptors (Lipinski definition) is 4. The molecule has 1 N–H and O–H groups in total. The minimum absolute atomic E-state index is 0.250. The zero-order chi connectivity index (χ0) is 16.8. The van der Waals surface area contributed by atoms with Crippen LogP contribution in [0.25, 0.3) is 11.5 Å². The predicted octanol–water partition coefficient (Wildman–Crippen LogP) is 2.39. The standard InChI is InChI=1S/C14H14ClN5.CH2O2/c1-10-13(19(2)9-17-10)14-16-8-18-20(14)7-11-5-3-4-6-12(11)15;2-1-3/h3-6,8-9H,7H2,1-2H3;1H,(H,2,3). The quantitative estimate of drug-likeness (QED) is 0.744. The number of nitrogens with zero attached hydrogens (tertiary/aromatic N) is 5. The van der Waals surface area contributed by atoms with Crippen LogP contribution in [-0.2, 0) is 18.4 Å². The van der Waals surface area contributed by atoms with E-state index in [0.717, 1.165) is 27.8 Å². The molecule has 0 radical (unpaired) electrons. The molecule has 0 saturated carbocycles. The molecule has 2 heterocycles. The van der Waals surface area contributed by atoms with Gasteiger partial charge in [-0.15, -0.1) is 0 Å². The first kappa shape index (κ1) is 16.7. The fourth-order valence-corrected chi connectivity index (χ4v) is 2.41. The van der Waals surface area contributed by atoms with Gasteiger partial charge in [0, 0.05) is 12.1 Å². The summed E-state index contributed by atoms with van der Waals surface area (Å²) in [5.41, 5.74) is 2.91. The van der Waals surface area contributed by atoms with Gasteiger partial charge >= 0.3 is 0 Å². The van der Waals surface area contributed by atoms with Crippen LogP contribution in [0.4, 0.5) is 0 Å². The van der Waals surface area contributed by atoms with E-state index in [0.29, 0.717) is 6.54 Å². The molecule has 0 aliphatic carbocycles. The van der Waals surface area contributed by atoms with Gasteiger partial charge in [-0.3, -0.25) is 4.79 Å². The number of imidazole rings is 1. The molecule has 3 rings (SSSR count). The Morgan fingerprint density at radius 2 is 2.00 bits per heavy atom. The molecule has 0 atom stereocenters. The monoisotopic (exact) mass is 333 g/mol. The number of benzene rings is 1. The van der Waals surface area contributed by atoms with Gasteiger partial charge in [0.2, 0.25) is 0 Å². The highest BCUT2D eigenvalue weighted by Crippen LogP contribution is 2.22. The molecule has 0 fully saturated rings. The van der Waals surface area contributed by atoms with Crippen LogP contribution in [0.15, 0.2) is 36.9 Å². The van der Waals surface area contributed by atoms with E-state index in [-0.39, 0.29) is 6.47 Å². The summed E-state index contributed by atoms with van der Waals surface area (Å²) in [5, 5.41) is 11.9. The van der Waals surface area contributed by atoms with Crippen molar-refractivity contribution < 1.29 is 9.90 Å². The number of aryl methyl sites for hydroxylation is 2. The number of halogens is 1. The molecule has 0 amide bonds. The third kappa shape index (κ3) is 3.75. The Morgan fingerprint density at radius 1 is 1.30 bits per heavy atom. The fourth-order valence-electron chi connectivity index (χ4n) is 2.22. The summed E-state index contributed by atoms with van der Waals surface area (Å²) >= 11 is 6.20. The van der Waals surface area contributed by atoms with Crippen LogP contribution in [0, 0.1) is 6.92 Å². The normalized spacial score (nSPS) is 10.0. The summed E-state index contributed by atoms with van der Waals surface area (Å²) in [4.78, 5) is 17.0. The molecule has 23 heavy (non-hydrogen) atoms. The van der Waals surface area contributed by atoms with Gasteiger partial charge in [-0.2, -0.15) is 5.10 Å². The lowest BCUT2D eigenvalue weighted by molar-refractivity contribution is -0.122. The van der Waals surface area contributed by atoms with Gasteiger partial charge in [0.25, 0.3) is 6.47 Å². The van der Waals surface area contributed by atoms with Crippen molar-refractivity contribution in [3.05, 3.63) is 53.2 Å². The number of aromatic nitrogens is 5. The Hall–Kier alpha value is -2.67. The third-order valence-corrected chi connectivity index (χ3v) is 3.59. The molecule has 8 heteroatoms. The molecule has 3 aromatic rings. The largest absolute Gasteiger partial charge is 0.483 e. The van der Waals surface area contributed by atoms with Crippen molar-refractivity contribution in [2.24, 2.45) is 7.05 Å². The molecule has 0 aliphatic rings.